The van der Waals surface area contributed by atoms with E-state index in [1.54, 1.807) is 12.1 Å². The number of nitrogens with one attached hydrogen (secondary N) is 1. The van der Waals surface area contributed by atoms with Crippen molar-refractivity contribution < 1.29 is 28.2 Å². The molecule has 0 radical (unpaired) electrons. The minimum absolute atomic E-state index is 0.135. The van der Waals surface area contributed by atoms with Gasteiger partial charge in [0, 0.05) is 4.47 Å². The predicted molar refractivity (Wildman–Crippen MR) is 140 cm³/mol. The number of barbiturate groups is 1. The molecule has 1 fully saturated rings. The molecule has 4 rings (SSSR count). The summed E-state index contributed by atoms with van der Waals surface area (Å²) in [6, 6.07) is 15.0. The summed E-state index contributed by atoms with van der Waals surface area (Å²) in [6.07, 6.45) is 1.36. The van der Waals surface area contributed by atoms with Crippen molar-refractivity contribution >= 4 is 68.1 Å². The lowest BCUT2D eigenvalue weighted by Gasteiger charge is -2.26. The molecule has 0 atom stereocenters. The van der Waals surface area contributed by atoms with Gasteiger partial charge in [-0.3, -0.25) is 14.9 Å². The zero-order chi connectivity index (χ0) is 25.1. The van der Waals surface area contributed by atoms with E-state index < -0.39 is 23.7 Å². The fourth-order valence-electron chi connectivity index (χ4n) is 3.35. The van der Waals surface area contributed by atoms with Crippen molar-refractivity contribution in [1.29, 1.82) is 0 Å². The van der Waals surface area contributed by atoms with Gasteiger partial charge in [-0.15, -0.1) is 0 Å². The third kappa shape index (κ3) is 5.54. The average molecular weight is 651 g/mol. The van der Waals surface area contributed by atoms with E-state index in [1.807, 2.05) is 24.3 Å². The number of anilines is 1. The maximum Gasteiger partial charge on any atom is 0.335 e. The monoisotopic (exact) mass is 650 g/mol. The summed E-state index contributed by atoms with van der Waals surface area (Å²) in [6.45, 7) is 0.315. The SMILES string of the molecule is COc1cc(/C=C2\C(=O)NC(=O)N(c3ccc(F)cc3)C2=O)cc(I)c1OCc1ccc(Br)cc1. The molecule has 0 aromatic heterocycles. The molecule has 1 saturated heterocycles. The third-order valence-electron chi connectivity index (χ3n) is 5.05. The molecule has 0 spiro atoms. The van der Waals surface area contributed by atoms with Crippen LogP contribution in [0.5, 0.6) is 11.5 Å². The van der Waals surface area contributed by atoms with Crippen molar-refractivity contribution in [3.8, 4) is 11.5 Å². The van der Waals surface area contributed by atoms with Gasteiger partial charge in [0.2, 0.25) is 0 Å². The first-order valence-corrected chi connectivity index (χ1v) is 12.1. The smallest absolute Gasteiger partial charge is 0.335 e. The summed E-state index contributed by atoms with van der Waals surface area (Å²) in [5.74, 6) is -1.25. The molecule has 7 nitrogen and oxygen atoms in total. The molecule has 10 heteroatoms. The Morgan fingerprint density at radius 3 is 2.40 bits per heavy atom. The molecule has 1 aliphatic heterocycles. The number of halogens is 3. The van der Waals surface area contributed by atoms with Crippen molar-refractivity contribution in [2.24, 2.45) is 0 Å². The van der Waals surface area contributed by atoms with Crippen molar-refractivity contribution in [2.75, 3.05) is 12.0 Å². The van der Waals surface area contributed by atoms with E-state index in [9.17, 15) is 18.8 Å². The summed E-state index contributed by atoms with van der Waals surface area (Å²) in [7, 11) is 1.49. The summed E-state index contributed by atoms with van der Waals surface area (Å²) in [5.41, 5.74) is 1.34. The van der Waals surface area contributed by atoms with Crippen LogP contribution >= 0.6 is 38.5 Å². The Kier molecular flexibility index (Phi) is 7.51. The molecule has 0 saturated carbocycles. The first kappa shape index (κ1) is 24.9. The fraction of sp³-hybridized carbons (Fsp3) is 0.0800. The second-order valence-corrected chi connectivity index (χ2v) is 9.46. The number of carbonyl (C=O) groups is 3. The lowest BCUT2D eigenvalue weighted by atomic mass is 10.1. The van der Waals surface area contributed by atoms with E-state index in [-0.39, 0.29) is 11.3 Å². The highest BCUT2D eigenvalue weighted by molar-refractivity contribution is 14.1. The van der Waals surface area contributed by atoms with Crippen LogP contribution in [0.15, 0.2) is 70.7 Å². The van der Waals surface area contributed by atoms with E-state index in [0.717, 1.165) is 27.1 Å². The third-order valence-corrected chi connectivity index (χ3v) is 6.38. The fourth-order valence-corrected chi connectivity index (χ4v) is 4.39. The summed E-state index contributed by atoms with van der Waals surface area (Å²) in [4.78, 5) is 38.6. The van der Waals surface area contributed by atoms with Gasteiger partial charge in [-0.2, -0.15) is 0 Å². The van der Waals surface area contributed by atoms with Gasteiger partial charge in [0.15, 0.2) is 11.5 Å². The van der Waals surface area contributed by atoms with Crippen LogP contribution in [0.3, 0.4) is 0 Å². The Labute approximate surface area is 222 Å². The van der Waals surface area contributed by atoms with Crippen LogP contribution in [-0.2, 0) is 16.2 Å². The van der Waals surface area contributed by atoms with Gasteiger partial charge in [-0.05, 0) is 88.3 Å². The number of rotatable bonds is 6. The van der Waals surface area contributed by atoms with Crippen LogP contribution in [0.25, 0.3) is 6.08 Å². The molecular formula is C25H17BrFIN2O5. The van der Waals surface area contributed by atoms with Gasteiger partial charge >= 0.3 is 6.03 Å². The Hall–Kier alpha value is -3.25. The van der Waals surface area contributed by atoms with Crippen LogP contribution in [0.1, 0.15) is 11.1 Å². The molecule has 3 aromatic carbocycles. The molecule has 1 aliphatic rings. The standard InChI is InChI=1S/C25H17BrFIN2O5/c1-34-21-12-15(11-20(28)22(21)35-13-14-2-4-16(26)5-3-14)10-19-23(31)29-25(33)30(24(19)32)18-8-6-17(27)7-9-18/h2-12H,13H2,1H3,(H,29,31,33)/b19-10+. The van der Waals surface area contributed by atoms with E-state index in [1.165, 1.54) is 25.3 Å². The van der Waals surface area contributed by atoms with Crippen molar-refractivity contribution in [3.63, 3.8) is 0 Å². The van der Waals surface area contributed by atoms with Crippen LogP contribution in [0.4, 0.5) is 14.9 Å². The first-order valence-electron chi connectivity index (χ1n) is 10.2. The highest BCUT2D eigenvalue weighted by Crippen LogP contribution is 2.35. The minimum atomic E-state index is -0.910. The highest BCUT2D eigenvalue weighted by Gasteiger charge is 2.36. The number of hydrogen-bond donors (Lipinski definition) is 1. The van der Waals surface area contributed by atoms with E-state index in [4.69, 9.17) is 9.47 Å². The zero-order valence-electron chi connectivity index (χ0n) is 18.2. The summed E-state index contributed by atoms with van der Waals surface area (Å²) < 4.78 is 26.4. The van der Waals surface area contributed by atoms with Crippen molar-refractivity contribution in [1.82, 2.24) is 5.32 Å². The van der Waals surface area contributed by atoms with Gasteiger partial charge in [0.1, 0.15) is 18.0 Å². The largest absolute Gasteiger partial charge is 0.493 e. The number of carbonyl (C=O) groups excluding carboxylic acids is 3. The van der Waals surface area contributed by atoms with Crippen LogP contribution in [-0.4, -0.2) is 25.0 Å². The molecule has 0 bridgehead atoms. The number of imide groups is 2. The molecular weight excluding hydrogens is 634 g/mol. The van der Waals surface area contributed by atoms with E-state index in [2.05, 4.69) is 43.8 Å². The zero-order valence-corrected chi connectivity index (χ0v) is 21.9. The molecule has 0 unspecified atom stereocenters. The molecule has 35 heavy (non-hydrogen) atoms. The first-order chi connectivity index (χ1) is 16.8. The second kappa shape index (κ2) is 10.6. The number of hydrogen-bond acceptors (Lipinski definition) is 5. The quantitative estimate of drug-likeness (QED) is 0.218. The average Bonchev–Trinajstić information content (AvgIpc) is 2.83. The van der Waals surface area contributed by atoms with Crippen LogP contribution in [0.2, 0.25) is 0 Å². The number of methoxy groups -OCH3 is 1. The Morgan fingerprint density at radius 2 is 1.74 bits per heavy atom. The number of nitrogens with zero attached hydrogens (tertiary/aromatic N) is 1. The predicted octanol–water partition coefficient (Wildman–Crippen LogP) is 5.45. The molecule has 1 heterocycles. The van der Waals surface area contributed by atoms with Gasteiger partial charge in [0.25, 0.3) is 11.8 Å². The Morgan fingerprint density at radius 1 is 1.06 bits per heavy atom. The number of urea groups is 1. The second-order valence-electron chi connectivity index (χ2n) is 7.38. The lowest BCUT2D eigenvalue weighted by Crippen LogP contribution is -2.54. The maximum atomic E-state index is 13.3. The Bertz CT molecular complexity index is 1340. The normalized spacial score (nSPS) is 14.8. The van der Waals surface area contributed by atoms with Gasteiger partial charge in [-0.1, -0.05) is 28.1 Å². The molecule has 3 aromatic rings. The Balaban J connectivity index is 1.63. The number of ether oxygens (including phenoxy) is 2. The molecule has 0 aliphatic carbocycles. The molecule has 178 valence electrons. The lowest BCUT2D eigenvalue weighted by molar-refractivity contribution is -0.122. The van der Waals surface area contributed by atoms with E-state index in [0.29, 0.717) is 27.2 Å². The van der Waals surface area contributed by atoms with Crippen LogP contribution in [0, 0.1) is 9.39 Å². The minimum Gasteiger partial charge on any atom is -0.493 e. The van der Waals surface area contributed by atoms with Crippen molar-refractivity contribution in [3.05, 3.63) is 91.2 Å². The highest BCUT2D eigenvalue weighted by atomic mass is 127. The molecule has 1 N–H and O–H groups in total. The van der Waals surface area contributed by atoms with Gasteiger partial charge < -0.3 is 9.47 Å². The maximum absolute atomic E-state index is 13.3. The van der Waals surface area contributed by atoms with Gasteiger partial charge in [-0.25, -0.2) is 14.1 Å². The number of amides is 4. The topological polar surface area (TPSA) is 84.9 Å². The van der Waals surface area contributed by atoms with Crippen LogP contribution < -0.4 is 19.7 Å². The summed E-state index contributed by atoms with van der Waals surface area (Å²) in [5, 5.41) is 2.14. The van der Waals surface area contributed by atoms with E-state index >= 15 is 0 Å². The van der Waals surface area contributed by atoms with Gasteiger partial charge in [0.05, 0.1) is 16.4 Å². The summed E-state index contributed by atoms with van der Waals surface area (Å²) >= 11 is 5.48. The number of benzene rings is 3. The van der Waals surface area contributed by atoms with Crippen molar-refractivity contribution in [2.45, 2.75) is 6.61 Å². The molecule has 4 amide bonds.